The number of anilines is 1. The van der Waals surface area contributed by atoms with E-state index in [4.69, 9.17) is 9.97 Å². The van der Waals surface area contributed by atoms with Crippen LogP contribution in [-0.2, 0) is 19.4 Å². The lowest BCUT2D eigenvalue weighted by atomic mass is 9.97. The number of nitrogens with one attached hydrogen (secondary N) is 1. The number of hydrogen-bond donors (Lipinski definition) is 1. The molecule has 3 heterocycles. The van der Waals surface area contributed by atoms with Crippen molar-refractivity contribution in [2.75, 3.05) is 5.32 Å². The van der Waals surface area contributed by atoms with Gasteiger partial charge in [-0.2, -0.15) is 0 Å². The molecular formula is C24H24N6S. The van der Waals surface area contributed by atoms with Crippen LogP contribution in [0, 0.1) is 0 Å². The molecule has 1 saturated carbocycles. The summed E-state index contributed by atoms with van der Waals surface area (Å²) in [6, 6.07) is 10.8. The highest BCUT2D eigenvalue weighted by molar-refractivity contribution is 7.19. The van der Waals surface area contributed by atoms with Crippen LogP contribution in [0.4, 0.5) is 5.82 Å². The molecule has 156 valence electrons. The predicted octanol–water partition coefficient (Wildman–Crippen LogP) is 5.28. The first-order valence-corrected chi connectivity index (χ1v) is 11.8. The van der Waals surface area contributed by atoms with Crippen molar-refractivity contribution < 1.29 is 0 Å². The van der Waals surface area contributed by atoms with Gasteiger partial charge in [0.05, 0.1) is 11.9 Å². The largest absolute Gasteiger partial charge is 0.362 e. The Morgan fingerprint density at radius 2 is 1.94 bits per heavy atom. The van der Waals surface area contributed by atoms with Crippen LogP contribution in [0.15, 0.2) is 36.7 Å². The molecule has 7 heteroatoms. The molecule has 6 rings (SSSR count). The lowest BCUT2D eigenvalue weighted by Crippen LogP contribution is -2.10. The van der Waals surface area contributed by atoms with Gasteiger partial charge in [0.1, 0.15) is 17.0 Å². The van der Waals surface area contributed by atoms with Gasteiger partial charge >= 0.3 is 0 Å². The summed E-state index contributed by atoms with van der Waals surface area (Å²) in [6.45, 7) is 0.620. The van der Waals surface area contributed by atoms with E-state index in [1.54, 1.807) is 0 Å². The second-order valence-electron chi connectivity index (χ2n) is 8.30. The summed E-state index contributed by atoms with van der Waals surface area (Å²) >= 11 is 1.83. The minimum absolute atomic E-state index is 0.565. The van der Waals surface area contributed by atoms with E-state index in [9.17, 15) is 0 Å². The minimum atomic E-state index is 0.565. The van der Waals surface area contributed by atoms with Gasteiger partial charge < -0.3 is 9.88 Å². The standard InChI is InChI=1S/C24H24N6S/c1-2-6-16(7-3-1)10-13-20-27-23(25-14-21-29-26-15-30(21)17-11-12-17)22-18-8-4-5-9-19(18)31-24(22)28-20/h1-3,6-7,10,13,15,17H,4-5,8-9,11-12,14H2,(H,25,27,28)/b13-10+. The molecule has 0 bridgehead atoms. The molecular weight excluding hydrogens is 404 g/mol. The minimum Gasteiger partial charge on any atom is -0.362 e. The van der Waals surface area contributed by atoms with E-state index in [-0.39, 0.29) is 0 Å². The highest BCUT2D eigenvalue weighted by Crippen LogP contribution is 2.39. The van der Waals surface area contributed by atoms with Crippen molar-refractivity contribution in [2.24, 2.45) is 0 Å². The molecule has 0 amide bonds. The second-order valence-corrected chi connectivity index (χ2v) is 9.39. The van der Waals surface area contributed by atoms with Crippen LogP contribution in [-0.4, -0.2) is 24.7 Å². The molecule has 1 N–H and O–H groups in total. The number of thiophene rings is 1. The molecule has 2 aliphatic carbocycles. The molecule has 0 saturated heterocycles. The van der Waals surface area contributed by atoms with Crippen LogP contribution in [0.25, 0.3) is 22.4 Å². The molecule has 3 aromatic heterocycles. The summed E-state index contributed by atoms with van der Waals surface area (Å²) < 4.78 is 2.20. The highest BCUT2D eigenvalue weighted by atomic mass is 32.1. The van der Waals surface area contributed by atoms with Crippen molar-refractivity contribution in [3.63, 3.8) is 0 Å². The third kappa shape index (κ3) is 3.74. The Balaban J connectivity index is 1.37. The number of aryl methyl sites for hydroxylation is 2. The van der Waals surface area contributed by atoms with E-state index in [2.05, 4.69) is 38.3 Å². The Bertz CT molecular complexity index is 1250. The van der Waals surface area contributed by atoms with Gasteiger partial charge in [-0.15, -0.1) is 21.5 Å². The molecule has 2 aliphatic rings. The van der Waals surface area contributed by atoms with E-state index in [0.717, 1.165) is 40.7 Å². The lowest BCUT2D eigenvalue weighted by Gasteiger charge is -2.13. The first kappa shape index (κ1) is 18.7. The van der Waals surface area contributed by atoms with E-state index in [1.807, 2.05) is 41.9 Å². The van der Waals surface area contributed by atoms with Gasteiger partial charge in [-0.05, 0) is 55.7 Å². The fourth-order valence-electron chi connectivity index (χ4n) is 4.32. The third-order valence-corrected chi connectivity index (χ3v) is 7.24. The van der Waals surface area contributed by atoms with E-state index in [1.165, 1.54) is 41.5 Å². The Labute approximate surface area is 185 Å². The van der Waals surface area contributed by atoms with Gasteiger partial charge in [0, 0.05) is 10.9 Å². The maximum absolute atomic E-state index is 4.93. The summed E-state index contributed by atoms with van der Waals surface area (Å²) in [5.41, 5.74) is 2.58. The van der Waals surface area contributed by atoms with E-state index in [0.29, 0.717) is 12.6 Å². The fourth-order valence-corrected chi connectivity index (χ4v) is 5.59. The number of rotatable bonds is 6. The van der Waals surface area contributed by atoms with Crippen LogP contribution in [0.5, 0.6) is 0 Å². The number of nitrogens with zero attached hydrogens (tertiary/aromatic N) is 5. The smallest absolute Gasteiger partial charge is 0.155 e. The first-order valence-electron chi connectivity index (χ1n) is 11.0. The first-order chi connectivity index (χ1) is 15.3. The van der Waals surface area contributed by atoms with Crippen LogP contribution in [0.2, 0.25) is 0 Å². The lowest BCUT2D eigenvalue weighted by molar-refractivity contribution is 0.689. The third-order valence-electron chi connectivity index (χ3n) is 6.06. The zero-order valence-corrected chi connectivity index (χ0v) is 18.1. The van der Waals surface area contributed by atoms with Crippen molar-refractivity contribution in [1.29, 1.82) is 0 Å². The summed E-state index contributed by atoms with van der Waals surface area (Å²) in [6.07, 6.45) is 13.1. The average molecular weight is 429 g/mol. The fraction of sp³-hybridized carbons (Fsp3) is 0.333. The number of fused-ring (bicyclic) bond motifs is 3. The topological polar surface area (TPSA) is 68.5 Å². The average Bonchev–Trinajstić information content (AvgIpc) is 3.42. The molecule has 0 atom stereocenters. The van der Waals surface area contributed by atoms with Crippen molar-refractivity contribution in [2.45, 2.75) is 51.1 Å². The van der Waals surface area contributed by atoms with Crippen molar-refractivity contribution >= 4 is 39.5 Å². The number of hydrogen-bond acceptors (Lipinski definition) is 6. The quantitative estimate of drug-likeness (QED) is 0.453. The summed E-state index contributed by atoms with van der Waals surface area (Å²) in [5.74, 6) is 2.63. The maximum atomic E-state index is 4.93. The summed E-state index contributed by atoms with van der Waals surface area (Å²) in [4.78, 5) is 12.4. The van der Waals surface area contributed by atoms with Crippen LogP contribution >= 0.6 is 11.3 Å². The zero-order valence-electron chi connectivity index (χ0n) is 17.3. The number of aromatic nitrogens is 5. The molecule has 6 nitrogen and oxygen atoms in total. The van der Waals surface area contributed by atoms with Crippen LogP contribution in [0.1, 0.15) is 59.4 Å². The molecule has 1 fully saturated rings. The van der Waals surface area contributed by atoms with Gasteiger partial charge in [-0.1, -0.05) is 36.4 Å². The SMILES string of the molecule is C(=C\c1nc(NCc2nncn2C2CC2)c2c3c(sc2n1)CCCC3)/c1ccccc1. The van der Waals surface area contributed by atoms with Crippen LogP contribution < -0.4 is 5.32 Å². The monoisotopic (exact) mass is 428 g/mol. The molecule has 0 aliphatic heterocycles. The Hall–Kier alpha value is -3.06. The molecule has 4 aromatic rings. The Morgan fingerprint density at radius 1 is 1.06 bits per heavy atom. The predicted molar refractivity (Wildman–Crippen MR) is 125 cm³/mol. The number of benzene rings is 1. The highest BCUT2D eigenvalue weighted by Gasteiger charge is 2.26. The zero-order chi connectivity index (χ0) is 20.6. The molecule has 1 aromatic carbocycles. The molecule has 0 unspecified atom stereocenters. The summed E-state index contributed by atoms with van der Waals surface area (Å²) in [7, 11) is 0. The molecule has 0 radical (unpaired) electrons. The molecule has 31 heavy (non-hydrogen) atoms. The van der Waals surface area contributed by atoms with Crippen molar-refractivity contribution in [3.8, 4) is 0 Å². The van der Waals surface area contributed by atoms with Gasteiger partial charge in [-0.3, -0.25) is 0 Å². The summed E-state index contributed by atoms with van der Waals surface area (Å²) in [5, 5.41) is 13.3. The van der Waals surface area contributed by atoms with E-state index >= 15 is 0 Å². The Morgan fingerprint density at radius 3 is 2.81 bits per heavy atom. The van der Waals surface area contributed by atoms with Gasteiger partial charge in [-0.25, -0.2) is 9.97 Å². The van der Waals surface area contributed by atoms with Crippen LogP contribution in [0.3, 0.4) is 0 Å². The van der Waals surface area contributed by atoms with Gasteiger partial charge in [0.15, 0.2) is 11.6 Å². The Kier molecular flexibility index (Phi) is 4.76. The van der Waals surface area contributed by atoms with E-state index < -0.39 is 0 Å². The maximum Gasteiger partial charge on any atom is 0.155 e. The second kappa shape index (κ2) is 7.89. The normalized spacial score (nSPS) is 16.1. The van der Waals surface area contributed by atoms with Gasteiger partial charge in [0.25, 0.3) is 0 Å². The van der Waals surface area contributed by atoms with Crippen molar-refractivity contribution in [1.82, 2.24) is 24.7 Å². The van der Waals surface area contributed by atoms with Gasteiger partial charge in [0.2, 0.25) is 0 Å². The van der Waals surface area contributed by atoms with Crippen molar-refractivity contribution in [3.05, 3.63) is 64.3 Å². The molecule has 0 spiro atoms.